The van der Waals surface area contributed by atoms with Gasteiger partial charge in [-0.05, 0) is 24.0 Å². The van der Waals surface area contributed by atoms with Crippen LogP contribution in [0.25, 0.3) is 0 Å². The third-order valence-electron chi connectivity index (χ3n) is 2.72. The maximum absolute atomic E-state index is 9.77. The van der Waals surface area contributed by atoms with Gasteiger partial charge < -0.3 is 10.8 Å². The molecule has 2 atom stereocenters. The topological polar surface area (TPSA) is 46.2 Å². The molecule has 2 nitrogen and oxygen atoms in total. The molecule has 0 amide bonds. The summed E-state index contributed by atoms with van der Waals surface area (Å²) in [6.07, 6.45) is 8.78. The van der Waals surface area contributed by atoms with Gasteiger partial charge in [0.2, 0.25) is 0 Å². The van der Waals surface area contributed by atoms with Crippen molar-refractivity contribution in [2.45, 2.75) is 47.1 Å². The lowest BCUT2D eigenvalue weighted by atomic mass is 9.87. The van der Waals surface area contributed by atoms with Crippen LogP contribution in [0.4, 0.5) is 0 Å². The Morgan fingerprint density at radius 2 is 2.06 bits per heavy atom. The summed E-state index contributed by atoms with van der Waals surface area (Å²) < 4.78 is 0. The van der Waals surface area contributed by atoms with Crippen LogP contribution in [0.3, 0.4) is 0 Å². The van der Waals surface area contributed by atoms with Gasteiger partial charge in [-0.15, -0.1) is 0 Å². The fourth-order valence-corrected chi connectivity index (χ4v) is 1.75. The van der Waals surface area contributed by atoms with Gasteiger partial charge >= 0.3 is 0 Å². The molecule has 0 bridgehead atoms. The lowest BCUT2D eigenvalue weighted by molar-refractivity contribution is 0.340. The molecule has 98 valence electrons. The quantitative estimate of drug-likeness (QED) is 0.730. The number of hydrogen-bond donors (Lipinski definition) is 2. The standard InChI is InChI=1S/C13H21NO.C2H6/c1-4-5-13(15)11-7-6-10(9(2)3)8-12(11)14;1-2/h5-9,11-12,15H,4,14H2,1-3H3;1-2H3/b13-5+;. The van der Waals surface area contributed by atoms with Gasteiger partial charge in [0.1, 0.15) is 0 Å². The van der Waals surface area contributed by atoms with E-state index in [2.05, 4.69) is 26.0 Å². The van der Waals surface area contributed by atoms with Crippen LogP contribution >= 0.6 is 0 Å². The van der Waals surface area contributed by atoms with Crippen molar-refractivity contribution in [2.75, 3.05) is 0 Å². The molecular weight excluding hydrogens is 210 g/mol. The molecule has 0 saturated heterocycles. The van der Waals surface area contributed by atoms with Gasteiger partial charge in [0.25, 0.3) is 0 Å². The summed E-state index contributed by atoms with van der Waals surface area (Å²) >= 11 is 0. The molecule has 3 N–H and O–H groups in total. The highest BCUT2D eigenvalue weighted by Gasteiger charge is 2.21. The molecule has 1 aliphatic carbocycles. The van der Waals surface area contributed by atoms with Gasteiger partial charge in [0.15, 0.2) is 0 Å². The Morgan fingerprint density at radius 1 is 1.47 bits per heavy atom. The molecule has 0 aromatic rings. The van der Waals surface area contributed by atoms with E-state index < -0.39 is 0 Å². The van der Waals surface area contributed by atoms with Gasteiger partial charge in [-0.25, -0.2) is 0 Å². The molecule has 0 aromatic heterocycles. The van der Waals surface area contributed by atoms with Crippen molar-refractivity contribution in [3.63, 3.8) is 0 Å². The number of nitrogens with two attached hydrogens (primary N) is 1. The van der Waals surface area contributed by atoms with Crippen LogP contribution in [-0.4, -0.2) is 11.1 Å². The molecule has 2 heteroatoms. The first-order chi connectivity index (χ1) is 8.06. The molecular formula is C15H27NO. The Hall–Kier alpha value is -1.02. The van der Waals surface area contributed by atoms with E-state index in [1.54, 1.807) is 0 Å². The fraction of sp³-hybridized carbons (Fsp3) is 0.600. The number of aliphatic hydroxyl groups excluding tert-OH is 1. The normalized spacial score (nSPS) is 24.2. The Labute approximate surface area is 106 Å². The second-order valence-electron chi connectivity index (χ2n) is 4.32. The average Bonchev–Trinajstić information content (AvgIpc) is 2.31. The van der Waals surface area contributed by atoms with Crippen LogP contribution in [0.5, 0.6) is 0 Å². The van der Waals surface area contributed by atoms with Crippen molar-refractivity contribution in [1.29, 1.82) is 0 Å². The van der Waals surface area contributed by atoms with Crippen LogP contribution in [0.1, 0.15) is 41.0 Å². The van der Waals surface area contributed by atoms with Crippen molar-refractivity contribution in [1.82, 2.24) is 0 Å². The summed E-state index contributed by atoms with van der Waals surface area (Å²) in [5.74, 6) is 0.832. The minimum atomic E-state index is -0.102. The lowest BCUT2D eigenvalue weighted by Crippen LogP contribution is -2.30. The summed E-state index contributed by atoms with van der Waals surface area (Å²) in [4.78, 5) is 0. The highest BCUT2D eigenvalue weighted by molar-refractivity contribution is 5.32. The second-order valence-corrected chi connectivity index (χ2v) is 4.32. The summed E-state index contributed by atoms with van der Waals surface area (Å²) in [6.45, 7) is 10.3. The van der Waals surface area contributed by atoms with Gasteiger partial charge in [0, 0.05) is 6.04 Å². The maximum atomic E-state index is 9.77. The van der Waals surface area contributed by atoms with Crippen molar-refractivity contribution < 1.29 is 5.11 Å². The highest BCUT2D eigenvalue weighted by Crippen LogP contribution is 2.24. The van der Waals surface area contributed by atoms with Gasteiger partial charge in [-0.2, -0.15) is 0 Å². The van der Waals surface area contributed by atoms with Gasteiger partial charge in [-0.3, -0.25) is 0 Å². The third-order valence-corrected chi connectivity index (χ3v) is 2.72. The SMILES string of the molecule is CC.CC/C=C(/O)C1C=CC(C(C)C)=CC1N. The van der Waals surface area contributed by atoms with E-state index in [-0.39, 0.29) is 12.0 Å². The maximum Gasteiger partial charge on any atom is 0.0970 e. The molecule has 0 saturated carbocycles. The molecule has 0 fully saturated rings. The average molecular weight is 237 g/mol. The Balaban J connectivity index is 0.00000121. The zero-order chi connectivity index (χ0) is 13.4. The predicted octanol–water partition coefficient (Wildman–Crippen LogP) is 3.96. The number of hydrogen-bond acceptors (Lipinski definition) is 2. The molecule has 0 heterocycles. The van der Waals surface area contributed by atoms with Crippen LogP contribution in [0.15, 0.2) is 35.6 Å². The summed E-state index contributed by atoms with van der Waals surface area (Å²) in [5, 5.41) is 9.77. The molecule has 2 unspecified atom stereocenters. The van der Waals surface area contributed by atoms with Crippen molar-refractivity contribution in [3.05, 3.63) is 35.6 Å². The van der Waals surface area contributed by atoms with Crippen molar-refractivity contribution >= 4 is 0 Å². The zero-order valence-electron chi connectivity index (χ0n) is 11.8. The number of rotatable bonds is 3. The molecule has 0 spiro atoms. The highest BCUT2D eigenvalue weighted by atomic mass is 16.3. The van der Waals surface area contributed by atoms with E-state index >= 15 is 0 Å². The Morgan fingerprint density at radius 3 is 2.47 bits per heavy atom. The molecule has 0 aliphatic heterocycles. The summed E-state index contributed by atoms with van der Waals surface area (Å²) in [5.41, 5.74) is 7.26. The first-order valence-electron chi connectivity index (χ1n) is 6.60. The van der Waals surface area contributed by atoms with E-state index in [9.17, 15) is 5.11 Å². The molecule has 17 heavy (non-hydrogen) atoms. The monoisotopic (exact) mass is 237 g/mol. The Kier molecular flexibility index (Phi) is 7.64. The van der Waals surface area contributed by atoms with E-state index in [0.29, 0.717) is 11.7 Å². The van der Waals surface area contributed by atoms with E-state index in [1.165, 1.54) is 5.57 Å². The predicted molar refractivity (Wildman–Crippen MR) is 75.9 cm³/mol. The van der Waals surface area contributed by atoms with Crippen molar-refractivity contribution in [3.8, 4) is 0 Å². The van der Waals surface area contributed by atoms with Crippen LogP contribution < -0.4 is 5.73 Å². The van der Waals surface area contributed by atoms with E-state index in [1.807, 2.05) is 32.9 Å². The molecule has 1 rings (SSSR count). The van der Waals surface area contributed by atoms with Crippen LogP contribution in [-0.2, 0) is 0 Å². The van der Waals surface area contributed by atoms with Crippen LogP contribution in [0.2, 0.25) is 0 Å². The third kappa shape index (κ3) is 4.78. The minimum absolute atomic E-state index is 0.0487. The fourth-order valence-electron chi connectivity index (χ4n) is 1.75. The second kappa shape index (κ2) is 8.13. The lowest BCUT2D eigenvalue weighted by Gasteiger charge is -2.23. The minimum Gasteiger partial charge on any atom is -0.512 e. The smallest absolute Gasteiger partial charge is 0.0970 e. The largest absolute Gasteiger partial charge is 0.512 e. The summed E-state index contributed by atoms with van der Waals surface area (Å²) in [6, 6.07) is -0.102. The van der Waals surface area contributed by atoms with Crippen LogP contribution in [0, 0.1) is 11.8 Å². The molecule has 0 radical (unpaired) electrons. The molecule has 0 aromatic carbocycles. The van der Waals surface area contributed by atoms with Gasteiger partial charge in [0.05, 0.1) is 11.7 Å². The first-order valence-corrected chi connectivity index (χ1v) is 6.60. The first kappa shape index (κ1) is 16.0. The summed E-state index contributed by atoms with van der Waals surface area (Å²) in [7, 11) is 0. The van der Waals surface area contributed by atoms with Crippen molar-refractivity contribution in [2.24, 2.45) is 17.6 Å². The number of allylic oxidation sites excluding steroid dienone is 3. The van der Waals surface area contributed by atoms with Gasteiger partial charge in [-0.1, -0.05) is 52.8 Å². The van der Waals surface area contributed by atoms with E-state index in [4.69, 9.17) is 5.73 Å². The Bertz CT molecular complexity index is 300. The molecule has 1 aliphatic rings. The number of aliphatic hydroxyl groups is 1. The zero-order valence-corrected chi connectivity index (χ0v) is 11.8. The van der Waals surface area contributed by atoms with E-state index in [0.717, 1.165) is 6.42 Å².